The van der Waals surface area contributed by atoms with Crippen LogP contribution in [0.15, 0.2) is 83.8 Å². The summed E-state index contributed by atoms with van der Waals surface area (Å²) in [5.74, 6) is -0.403. The summed E-state index contributed by atoms with van der Waals surface area (Å²) >= 11 is 0.945. The van der Waals surface area contributed by atoms with E-state index in [1.807, 2.05) is 60.7 Å². The van der Waals surface area contributed by atoms with E-state index in [-0.39, 0.29) is 11.3 Å². The predicted octanol–water partition coefficient (Wildman–Crippen LogP) is 2.90. The maximum absolute atomic E-state index is 13.2. The van der Waals surface area contributed by atoms with Crippen molar-refractivity contribution in [2.24, 2.45) is 0 Å². The highest BCUT2D eigenvalue weighted by atomic mass is 32.2. The van der Waals surface area contributed by atoms with Crippen LogP contribution in [0.3, 0.4) is 0 Å². The molecule has 0 aliphatic rings. The SMILES string of the molecule is O=C(NCc1ccccc1)[C@@H](Cc1ccccc1)NS(=O)(=O)c1cccc2nsnc12. The number of sulfonamides is 1. The third kappa shape index (κ3) is 5.13. The van der Waals surface area contributed by atoms with Crippen molar-refractivity contribution in [1.82, 2.24) is 18.8 Å². The summed E-state index contributed by atoms with van der Waals surface area (Å²) < 4.78 is 37.1. The quantitative estimate of drug-likeness (QED) is 0.428. The number of fused-ring (bicyclic) bond motifs is 1. The predicted molar refractivity (Wildman–Crippen MR) is 120 cm³/mol. The number of carbonyl (C=O) groups is 1. The molecule has 0 fully saturated rings. The summed E-state index contributed by atoms with van der Waals surface area (Å²) in [5, 5.41) is 2.83. The fourth-order valence-electron chi connectivity index (χ4n) is 3.19. The molecule has 158 valence electrons. The molecule has 0 saturated heterocycles. The van der Waals surface area contributed by atoms with Gasteiger partial charge in [0.15, 0.2) is 0 Å². The Morgan fingerprint density at radius 1 is 0.871 bits per heavy atom. The number of nitrogens with zero attached hydrogens (tertiary/aromatic N) is 2. The zero-order valence-corrected chi connectivity index (χ0v) is 18.1. The molecule has 4 aromatic rings. The smallest absolute Gasteiger partial charge is 0.243 e. The first-order chi connectivity index (χ1) is 15.0. The van der Waals surface area contributed by atoms with Crippen LogP contribution in [0.2, 0.25) is 0 Å². The maximum Gasteiger partial charge on any atom is 0.243 e. The Balaban J connectivity index is 1.59. The van der Waals surface area contributed by atoms with E-state index < -0.39 is 22.0 Å². The van der Waals surface area contributed by atoms with E-state index in [4.69, 9.17) is 0 Å². The largest absolute Gasteiger partial charge is 0.351 e. The minimum absolute atomic E-state index is 0.00710. The summed E-state index contributed by atoms with van der Waals surface area (Å²) in [6.07, 6.45) is 0.214. The number of carbonyl (C=O) groups excluding carboxylic acids is 1. The van der Waals surface area contributed by atoms with Crippen LogP contribution in [0.25, 0.3) is 11.0 Å². The molecule has 1 amide bonds. The van der Waals surface area contributed by atoms with Gasteiger partial charge in [-0.25, -0.2) is 8.42 Å². The van der Waals surface area contributed by atoms with E-state index in [2.05, 4.69) is 18.8 Å². The molecule has 7 nitrogen and oxygen atoms in total. The molecule has 0 saturated carbocycles. The minimum Gasteiger partial charge on any atom is -0.351 e. The van der Waals surface area contributed by atoms with Crippen LogP contribution in [0.5, 0.6) is 0 Å². The molecule has 0 aliphatic heterocycles. The van der Waals surface area contributed by atoms with Crippen molar-refractivity contribution in [2.75, 3.05) is 0 Å². The third-order valence-corrected chi connectivity index (χ3v) is 6.79. The van der Waals surface area contributed by atoms with Gasteiger partial charge in [-0.3, -0.25) is 4.79 Å². The summed E-state index contributed by atoms with van der Waals surface area (Å²) in [5.41, 5.74) is 2.57. The second-order valence-corrected chi connectivity index (χ2v) is 9.17. The molecule has 0 radical (unpaired) electrons. The summed E-state index contributed by atoms with van der Waals surface area (Å²) in [4.78, 5) is 13.0. The lowest BCUT2D eigenvalue weighted by Gasteiger charge is -2.19. The normalized spacial score (nSPS) is 12.5. The highest BCUT2D eigenvalue weighted by Crippen LogP contribution is 2.21. The monoisotopic (exact) mass is 452 g/mol. The van der Waals surface area contributed by atoms with Gasteiger partial charge in [0.1, 0.15) is 22.0 Å². The Morgan fingerprint density at radius 2 is 1.55 bits per heavy atom. The zero-order valence-electron chi connectivity index (χ0n) is 16.4. The van der Waals surface area contributed by atoms with Gasteiger partial charge in [-0.2, -0.15) is 13.5 Å². The van der Waals surface area contributed by atoms with Crippen LogP contribution in [0.4, 0.5) is 0 Å². The number of nitrogens with one attached hydrogen (secondary N) is 2. The van der Waals surface area contributed by atoms with Crippen LogP contribution in [0, 0.1) is 0 Å². The molecular weight excluding hydrogens is 432 g/mol. The highest BCUT2D eigenvalue weighted by molar-refractivity contribution is 7.89. The molecule has 1 atom stereocenters. The fraction of sp³-hybridized carbons (Fsp3) is 0.136. The van der Waals surface area contributed by atoms with Gasteiger partial charge in [0, 0.05) is 6.54 Å². The summed E-state index contributed by atoms with van der Waals surface area (Å²) in [6.45, 7) is 0.304. The topological polar surface area (TPSA) is 101 Å². The Kier molecular flexibility index (Phi) is 6.36. The number of hydrogen-bond acceptors (Lipinski definition) is 6. The van der Waals surface area contributed by atoms with Gasteiger partial charge in [0.2, 0.25) is 15.9 Å². The van der Waals surface area contributed by atoms with Gasteiger partial charge in [-0.15, -0.1) is 0 Å². The lowest BCUT2D eigenvalue weighted by Crippen LogP contribution is -2.47. The van der Waals surface area contributed by atoms with Crippen LogP contribution in [-0.4, -0.2) is 29.1 Å². The van der Waals surface area contributed by atoms with Gasteiger partial charge in [-0.05, 0) is 29.7 Å². The van der Waals surface area contributed by atoms with E-state index in [1.165, 1.54) is 6.07 Å². The number of hydrogen-bond donors (Lipinski definition) is 2. The van der Waals surface area contributed by atoms with E-state index in [1.54, 1.807) is 12.1 Å². The highest BCUT2D eigenvalue weighted by Gasteiger charge is 2.28. The molecule has 0 unspecified atom stereocenters. The number of amides is 1. The summed E-state index contributed by atoms with van der Waals surface area (Å²) in [6, 6.07) is 22.5. The van der Waals surface area contributed by atoms with E-state index in [0.29, 0.717) is 17.6 Å². The second-order valence-electron chi connectivity index (χ2n) is 6.96. The fourth-order valence-corrected chi connectivity index (χ4v) is 5.16. The molecule has 9 heteroatoms. The Hall–Kier alpha value is -3.14. The lowest BCUT2D eigenvalue weighted by molar-refractivity contribution is -0.122. The van der Waals surface area contributed by atoms with Crippen molar-refractivity contribution < 1.29 is 13.2 Å². The van der Waals surface area contributed by atoms with Crippen LogP contribution in [0.1, 0.15) is 11.1 Å². The second kappa shape index (κ2) is 9.34. The van der Waals surface area contributed by atoms with Gasteiger partial charge in [0.25, 0.3) is 0 Å². The van der Waals surface area contributed by atoms with Crippen LogP contribution in [-0.2, 0) is 27.8 Å². The first-order valence-electron chi connectivity index (χ1n) is 9.62. The summed E-state index contributed by atoms with van der Waals surface area (Å²) in [7, 11) is -4.01. The Labute approximate surface area is 184 Å². The van der Waals surface area contributed by atoms with Gasteiger partial charge in [0.05, 0.1) is 11.7 Å². The van der Waals surface area contributed by atoms with Gasteiger partial charge in [-0.1, -0.05) is 66.7 Å². The molecule has 31 heavy (non-hydrogen) atoms. The first kappa shape index (κ1) is 21.1. The molecule has 4 rings (SSSR count). The number of rotatable bonds is 8. The van der Waals surface area contributed by atoms with Crippen molar-refractivity contribution in [2.45, 2.75) is 23.9 Å². The van der Waals surface area contributed by atoms with Crippen molar-refractivity contribution in [3.63, 3.8) is 0 Å². The molecule has 0 aliphatic carbocycles. The van der Waals surface area contributed by atoms with Crippen LogP contribution < -0.4 is 10.0 Å². The number of benzene rings is 3. The first-order valence-corrected chi connectivity index (χ1v) is 11.8. The third-order valence-electron chi connectivity index (χ3n) is 4.74. The van der Waals surface area contributed by atoms with E-state index in [9.17, 15) is 13.2 Å². The standard InChI is InChI=1S/C22H20N4O3S2/c27-22(23-15-17-10-5-2-6-11-17)19(14-16-8-3-1-4-9-16)26-31(28,29)20-13-7-12-18-21(20)25-30-24-18/h1-13,19,26H,14-15H2,(H,23,27)/t19-/m1/s1. The lowest BCUT2D eigenvalue weighted by atomic mass is 10.1. The minimum atomic E-state index is -4.01. The average Bonchev–Trinajstić information content (AvgIpc) is 3.27. The van der Waals surface area contributed by atoms with Crippen LogP contribution >= 0.6 is 11.7 Å². The van der Waals surface area contributed by atoms with E-state index >= 15 is 0 Å². The Bertz CT molecular complexity index is 1280. The van der Waals surface area contributed by atoms with Crippen molar-refractivity contribution in [1.29, 1.82) is 0 Å². The Morgan fingerprint density at radius 3 is 2.26 bits per heavy atom. The van der Waals surface area contributed by atoms with E-state index in [0.717, 1.165) is 22.9 Å². The van der Waals surface area contributed by atoms with Crippen molar-refractivity contribution in [3.05, 3.63) is 90.0 Å². The van der Waals surface area contributed by atoms with Crippen molar-refractivity contribution >= 4 is 38.7 Å². The molecule has 0 bridgehead atoms. The molecule has 0 spiro atoms. The zero-order chi connectivity index (χ0) is 21.7. The molecule has 1 aromatic heterocycles. The molecular formula is C22H20N4O3S2. The molecule has 2 N–H and O–H groups in total. The van der Waals surface area contributed by atoms with Gasteiger partial charge >= 0.3 is 0 Å². The molecule has 3 aromatic carbocycles. The van der Waals surface area contributed by atoms with Gasteiger partial charge < -0.3 is 5.32 Å². The maximum atomic E-state index is 13.2. The van der Waals surface area contributed by atoms with Crippen molar-refractivity contribution in [3.8, 4) is 0 Å². The number of aromatic nitrogens is 2. The average molecular weight is 453 g/mol. The molecule has 1 heterocycles.